The minimum atomic E-state index is -0.0367. The van der Waals surface area contributed by atoms with Crippen LogP contribution >= 0.6 is 23.1 Å². The average Bonchev–Trinajstić information content (AvgIpc) is 2.86. The molecule has 138 valence electrons. The number of fused-ring (bicyclic) bond motifs is 1. The molecule has 0 aliphatic carbocycles. The molecule has 0 aromatic carbocycles. The maximum Gasteiger partial charge on any atom is 0.262 e. The molecule has 3 rings (SSSR count). The van der Waals surface area contributed by atoms with E-state index in [2.05, 4.69) is 15.0 Å². The molecule has 3 heterocycles. The molecule has 3 aromatic rings. The minimum absolute atomic E-state index is 0.0367. The van der Waals surface area contributed by atoms with E-state index in [9.17, 15) is 4.79 Å². The topological polar surface area (TPSA) is 76.8 Å². The predicted octanol–water partition coefficient (Wildman–Crippen LogP) is 3.14. The van der Waals surface area contributed by atoms with E-state index in [1.807, 2.05) is 46.7 Å². The van der Waals surface area contributed by atoms with Gasteiger partial charge < -0.3 is 4.90 Å². The molecule has 7 nitrogen and oxygen atoms in total. The second-order valence-corrected chi connectivity index (χ2v) is 8.79. The summed E-state index contributed by atoms with van der Waals surface area (Å²) in [6.45, 7) is 8.06. The number of aryl methyl sites for hydroxylation is 2. The lowest BCUT2D eigenvalue weighted by Gasteiger charge is -2.14. The normalized spacial score (nSPS) is 11.5. The molecule has 0 spiro atoms. The van der Waals surface area contributed by atoms with E-state index in [4.69, 9.17) is 4.98 Å². The van der Waals surface area contributed by atoms with Crippen LogP contribution in [-0.2, 0) is 7.05 Å². The first-order valence-corrected chi connectivity index (χ1v) is 9.90. The number of hydrogen-bond donors (Lipinski definition) is 0. The molecule has 0 saturated heterocycles. The number of nitrogens with zero attached hydrogens (tertiary/aromatic N) is 6. The Bertz CT molecular complexity index is 1010. The van der Waals surface area contributed by atoms with Crippen molar-refractivity contribution in [3.63, 3.8) is 0 Å². The molecular weight excluding hydrogens is 368 g/mol. The fraction of sp³-hybridized carbons (Fsp3) is 0.471. The Balaban J connectivity index is 2.12. The zero-order valence-corrected chi connectivity index (χ0v) is 17.6. The van der Waals surface area contributed by atoms with Gasteiger partial charge in [0.05, 0.1) is 5.39 Å². The highest BCUT2D eigenvalue weighted by atomic mass is 32.2. The Kier molecular flexibility index (Phi) is 5.03. The predicted molar refractivity (Wildman–Crippen MR) is 107 cm³/mol. The zero-order chi connectivity index (χ0) is 19.2. The van der Waals surface area contributed by atoms with Crippen molar-refractivity contribution in [1.29, 1.82) is 0 Å². The number of aromatic nitrogens is 5. The molecule has 0 radical (unpaired) electrons. The van der Waals surface area contributed by atoms with Crippen molar-refractivity contribution in [3.8, 4) is 0 Å². The highest BCUT2D eigenvalue weighted by Crippen LogP contribution is 2.30. The fourth-order valence-corrected chi connectivity index (χ4v) is 4.26. The quantitative estimate of drug-likeness (QED) is 0.633. The van der Waals surface area contributed by atoms with Crippen LogP contribution in [0.25, 0.3) is 10.2 Å². The Morgan fingerprint density at radius 2 is 1.81 bits per heavy atom. The van der Waals surface area contributed by atoms with E-state index < -0.39 is 0 Å². The Labute approximate surface area is 160 Å². The van der Waals surface area contributed by atoms with Gasteiger partial charge in [-0.3, -0.25) is 9.36 Å². The Morgan fingerprint density at radius 1 is 1.12 bits per heavy atom. The molecule has 0 unspecified atom stereocenters. The van der Waals surface area contributed by atoms with Crippen LogP contribution in [0.4, 0.5) is 5.95 Å². The van der Waals surface area contributed by atoms with Gasteiger partial charge in [0.2, 0.25) is 11.1 Å². The van der Waals surface area contributed by atoms with E-state index in [1.54, 1.807) is 23.0 Å². The number of rotatable bonds is 4. The second kappa shape index (κ2) is 6.96. The maximum atomic E-state index is 12.8. The van der Waals surface area contributed by atoms with Crippen LogP contribution < -0.4 is 10.5 Å². The molecule has 0 N–H and O–H groups in total. The van der Waals surface area contributed by atoms with Gasteiger partial charge in [0.15, 0.2) is 5.16 Å². The lowest BCUT2D eigenvalue weighted by atomic mass is 10.2. The molecular formula is C17H22N6OS2. The summed E-state index contributed by atoms with van der Waals surface area (Å²) < 4.78 is 1.57. The van der Waals surface area contributed by atoms with Gasteiger partial charge in [-0.05, 0) is 31.2 Å². The first-order valence-electron chi connectivity index (χ1n) is 8.27. The SMILES string of the molecule is Cc1sc2nc(Sc3nc(C(C)C)nc(N(C)C)n3)n(C)c(=O)c2c1C. The largest absolute Gasteiger partial charge is 0.347 e. The van der Waals surface area contributed by atoms with Crippen molar-refractivity contribution >= 4 is 39.3 Å². The summed E-state index contributed by atoms with van der Waals surface area (Å²) in [4.78, 5) is 34.7. The van der Waals surface area contributed by atoms with Crippen molar-refractivity contribution in [2.24, 2.45) is 7.05 Å². The molecule has 9 heteroatoms. The van der Waals surface area contributed by atoms with Gasteiger partial charge in [-0.1, -0.05) is 13.8 Å². The van der Waals surface area contributed by atoms with Crippen molar-refractivity contribution in [2.45, 2.75) is 43.9 Å². The molecule has 0 amide bonds. The molecule has 0 atom stereocenters. The van der Waals surface area contributed by atoms with E-state index in [-0.39, 0.29) is 11.5 Å². The molecule has 0 fully saturated rings. The summed E-state index contributed by atoms with van der Waals surface area (Å²) >= 11 is 2.83. The Hall–Kier alpha value is -2.00. The van der Waals surface area contributed by atoms with Crippen molar-refractivity contribution < 1.29 is 0 Å². The first kappa shape index (κ1) is 18.8. The molecule has 0 saturated carbocycles. The van der Waals surface area contributed by atoms with Crippen molar-refractivity contribution in [1.82, 2.24) is 24.5 Å². The van der Waals surface area contributed by atoms with Gasteiger partial charge in [0, 0.05) is 31.9 Å². The molecule has 26 heavy (non-hydrogen) atoms. The lowest BCUT2D eigenvalue weighted by molar-refractivity contribution is 0.704. The number of anilines is 1. The van der Waals surface area contributed by atoms with E-state index in [0.717, 1.165) is 21.1 Å². The summed E-state index contributed by atoms with van der Waals surface area (Å²) in [5.41, 5.74) is 0.970. The zero-order valence-electron chi connectivity index (χ0n) is 16.0. The maximum absolute atomic E-state index is 12.8. The third kappa shape index (κ3) is 3.33. The summed E-state index contributed by atoms with van der Waals surface area (Å²) in [6.07, 6.45) is 0. The first-order chi connectivity index (χ1) is 12.2. The fourth-order valence-electron chi connectivity index (χ4n) is 2.39. The molecule has 0 aliphatic heterocycles. The van der Waals surface area contributed by atoms with Gasteiger partial charge in [0.1, 0.15) is 10.7 Å². The monoisotopic (exact) mass is 390 g/mol. The van der Waals surface area contributed by atoms with Crippen LogP contribution in [0.2, 0.25) is 0 Å². The van der Waals surface area contributed by atoms with E-state index in [1.165, 1.54) is 11.8 Å². The molecule has 0 bridgehead atoms. The van der Waals surface area contributed by atoms with E-state index >= 15 is 0 Å². The Morgan fingerprint density at radius 3 is 2.42 bits per heavy atom. The summed E-state index contributed by atoms with van der Waals surface area (Å²) in [7, 11) is 5.53. The highest BCUT2D eigenvalue weighted by Gasteiger charge is 2.18. The summed E-state index contributed by atoms with van der Waals surface area (Å²) in [5, 5.41) is 1.82. The summed E-state index contributed by atoms with van der Waals surface area (Å²) in [6, 6.07) is 0. The minimum Gasteiger partial charge on any atom is -0.347 e. The van der Waals surface area contributed by atoms with Gasteiger partial charge in [0.25, 0.3) is 5.56 Å². The van der Waals surface area contributed by atoms with Crippen LogP contribution in [0.15, 0.2) is 15.1 Å². The van der Waals surface area contributed by atoms with Gasteiger partial charge in [-0.15, -0.1) is 11.3 Å². The van der Waals surface area contributed by atoms with Crippen molar-refractivity contribution in [3.05, 3.63) is 26.6 Å². The van der Waals surface area contributed by atoms with Crippen molar-refractivity contribution in [2.75, 3.05) is 19.0 Å². The smallest absolute Gasteiger partial charge is 0.262 e. The van der Waals surface area contributed by atoms with Crippen LogP contribution in [0.3, 0.4) is 0 Å². The van der Waals surface area contributed by atoms with Crippen LogP contribution in [0.1, 0.15) is 36.0 Å². The van der Waals surface area contributed by atoms with Crippen LogP contribution in [0, 0.1) is 13.8 Å². The van der Waals surface area contributed by atoms with Gasteiger partial charge >= 0.3 is 0 Å². The van der Waals surface area contributed by atoms with E-state index in [0.29, 0.717) is 21.6 Å². The van der Waals surface area contributed by atoms with Gasteiger partial charge in [-0.25, -0.2) is 9.97 Å². The van der Waals surface area contributed by atoms with Crippen LogP contribution in [0.5, 0.6) is 0 Å². The van der Waals surface area contributed by atoms with Gasteiger partial charge in [-0.2, -0.15) is 9.97 Å². The second-order valence-electron chi connectivity index (χ2n) is 6.65. The number of hydrogen-bond acceptors (Lipinski definition) is 8. The van der Waals surface area contributed by atoms with Crippen LogP contribution in [-0.4, -0.2) is 38.6 Å². The molecule has 0 aliphatic rings. The average molecular weight is 391 g/mol. The lowest BCUT2D eigenvalue weighted by Crippen LogP contribution is -2.20. The highest BCUT2D eigenvalue weighted by molar-refractivity contribution is 7.99. The standard InChI is InChI=1S/C17H22N6OS2/c1-8(2)12-18-15(22(5)6)21-16(19-12)26-17-20-13-11(14(24)23(17)7)9(3)10(4)25-13/h8H,1-7H3. The summed E-state index contributed by atoms with van der Waals surface area (Å²) in [5.74, 6) is 1.50. The third-order valence-electron chi connectivity index (χ3n) is 4.09. The number of thiophene rings is 1. The third-order valence-corrected chi connectivity index (χ3v) is 6.10. The molecule has 3 aromatic heterocycles.